The van der Waals surface area contributed by atoms with Crippen molar-refractivity contribution in [2.24, 2.45) is 7.05 Å². The predicted molar refractivity (Wildman–Crippen MR) is 76.4 cm³/mol. The molecular formula is C13H15ClN4O. The van der Waals surface area contributed by atoms with Gasteiger partial charge in [-0.2, -0.15) is 5.10 Å². The molecule has 0 saturated carbocycles. The van der Waals surface area contributed by atoms with E-state index in [4.69, 9.17) is 17.3 Å². The van der Waals surface area contributed by atoms with Crippen LogP contribution in [0.4, 0.5) is 11.4 Å². The van der Waals surface area contributed by atoms with Crippen LogP contribution >= 0.6 is 11.6 Å². The lowest BCUT2D eigenvalue weighted by molar-refractivity contribution is 0.102. The van der Waals surface area contributed by atoms with E-state index in [0.29, 0.717) is 28.4 Å². The van der Waals surface area contributed by atoms with Gasteiger partial charge in [-0.05, 0) is 24.6 Å². The zero-order chi connectivity index (χ0) is 14.0. The van der Waals surface area contributed by atoms with Gasteiger partial charge in [-0.1, -0.05) is 18.5 Å². The van der Waals surface area contributed by atoms with E-state index in [9.17, 15) is 4.79 Å². The zero-order valence-corrected chi connectivity index (χ0v) is 11.5. The van der Waals surface area contributed by atoms with E-state index in [2.05, 4.69) is 10.4 Å². The Labute approximate surface area is 116 Å². The Balaban J connectivity index is 2.22. The van der Waals surface area contributed by atoms with Gasteiger partial charge in [0, 0.05) is 18.9 Å². The molecule has 5 nitrogen and oxygen atoms in total. The highest BCUT2D eigenvalue weighted by Crippen LogP contribution is 2.23. The Bertz CT molecular complexity index is 621. The van der Waals surface area contributed by atoms with Crippen LogP contribution in [0.5, 0.6) is 0 Å². The van der Waals surface area contributed by atoms with E-state index >= 15 is 0 Å². The number of rotatable bonds is 3. The van der Waals surface area contributed by atoms with Gasteiger partial charge in [-0.25, -0.2) is 0 Å². The number of aryl methyl sites for hydroxylation is 2. The first kappa shape index (κ1) is 13.4. The molecule has 0 unspecified atom stereocenters. The molecule has 1 aromatic heterocycles. The fourth-order valence-corrected chi connectivity index (χ4v) is 1.92. The molecule has 2 aromatic rings. The van der Waals surface area contributed by atoms with Crippen LogP contribution in [0, 0.1) is 0 Å². The molecule has 0 aliphatic rings. The van der Waals surface area contributed by atoms with Gasteiger partial charge in [0.15, 0.2) is 0 Å². The van der Waals surface area contributed by atoms with Crippen molar-refractivity contribution in [1.82, 2.24) is 9.78 Å². The number of nitrogen functional groups attached to an aromatic ring is 1. The molecule has 0 spiro atoms. The summed E-state index contributed by atoms with van der Waals surface area (Å²) in [6.45, 7) is 1.96. The van der Waals surface area contributed by atoms with E-state index in [1.54, 1.807) is 36.1 Å². The average molecular weight is 279 g/mol. The first-order valence-electron chi connectivity index (χ1n) is 5.90. The molecule has 0 radical (unpaired) electrons. The molecule has 0 fully saturated rings. The van der Waals surface area contributed by atoms with Gasteiger partial charge in [0.05, 0.1) is 22.0 Å². The molecule has 0 saturated heterocycles. The van der Waals surface area contributed by atoms with Gasteiger partial charge in [0.1, 0.15) is 0 Å². The van der Waals surface area contributed by atoms with E-state index in [0.717, 1.165) is 5.69 Å². The second-order valence-corrected chi connectivity index (χ2v) is 4.61. The third-order valence-corrected chi connectivity index (χ3v) is 3.08. The number of aromatic nitrogens is 2. The first-order valence-corrected chi connectivity index (χ1v) is 6.28. The van der Waals surface area contributed by atoms with Crippen molar-refractivity contribution < 1.29 is 4.79 Å². The van der Waals surface area contributed by atoms with Crippen molar-refractivity contribution in [3.05, 3.63) is 40.7 Å². The van der Waals surface area contributed by atoms with Gasteiger partial charge in [-0.15, -0.1) is 0 Å². The van der Waals surface area contributed by atoms with Gasteiger partial charge in [0.2, 0.25) is 0 Å². The highest BCUT2D eigenvalue weighted by Gasteiger charge is 2.14. The minimum absolute atomic E-state index is 0.202. The Hall–Kier alpha value is -2.01. The molecule has 0 aliphatic carbocycles. The number of nitrogens with one attached hydrogen (secondary N) is 1. The van der Waals surface area contributed by atoms with Crippen LogP contribution < -0.4 is 11.1 Å². The second-order valence-electron chi connectivity index (χ2n) is 4.21. The highest BCUT2D eigenvalue weighted by atomic mass is 35.5. The van der Waals surface area contributed by atoms with Crippen LogP contribution in [0.25, 0.3) is 0 Å². The molecule has 1 heterocycles. The van der Waals surface area contributed by atoms with E-state index in [-0.39, 0.29) is 5.91 Å². The summed E-state index contributed by atoms with van der Waals surface area (Å²) < 4.78 is 1.63. The number of nitrogens with two attached hydrogens (primary N) is 1. The van der Waals surface area contributed by atoms with Gasteiger partial charge >= 0.3 is 0 Å². The van der Waals surface area contributed by atoms with Crippen molar-refractivity contribution in [3.63, 3.8) is 0 Å². The summed E-state index contributed by atoms with van der Waals surface area (Å²) in [7, 11) is 1.79. The molecule has 3 N–H and O–H groups in total. The minimum Gasteiger partial charge on any atom is -0.397 e. The maximum Gasteiger partial charge on any atom is 0.259 e. The Morgan fingerprint density at radius 2 is 2.26 bits per heavy atom. The van der Waals surface area contributed by atoms with E-state index in [1.807, 2.05) is 6.92 Å². The number of hydrogen-bond donors (Lipinski definition) is 2. The summed E-state index contributed by atoms with van der Waals surface area (Å²) in [5.74, 6) is -0.202. The number of halogens is 1. The summed E-state index contributed by atoms with van der Waals surface area (Å²) in [4.78, 5) is 12.2. The topological polar surface area (TPSA) is 72.9 Å². The molecule has 0 bridgehead atoms. The number of carbonyl (C=O) groups is 1. The molecule has 2 rings (SSSR count). The molecule has 19 heavy (non-hydrogen) atoms. The maximum absolute atomic E-state index is 12.2. The van der Waals surface area contributed by atoms with Crippen molar-refractivity contribution in [1.29, 1.82) is 0 Å². The molecule has 0 atom stereocenters. The van der Waals surface area contributed by atoms with Gasteiger partial charge in [0.25, 0.3) is 5.91 Å². The Kier molecular flexibility index (Phi) is 3.76. The summed E-state index contributed by atoms with van der Waals surface area (Å²) in [6, 6.07) is 4.98. The normalized spacial score (nSPS) is 10.5. The first-order chi connectivity index (χ1) is 9.01. The van der Waals surface area contributed by atoms with Crippen LogP contribution in [-0.4, -0.2) is 15.7 Å². The van der Waals surface area contributed by atoms with Crippen LogP contribution in [0.1, 0.15) is 23.0 Å². The number of nitrogens with zero attached hydrogens (tertiary/aromatic N) is 2. The van der Waals surface area contributed by atoms with Crippen LogP contribution in [0.15, 0.2) is 24.4 Å². The number of hydrogen-bond acceptors (Lipinski definition) is 3. The SMILES string of the molecule is CCc1nn(C)cc1C(=O)Nc1ccc(Cl)c(N)c1. The smallest absolute Gasteiger partial charge is 0.259 e. The lowest BCUT2D eigenvalue weighted by Gasteiger charge is -2.06. The quantitative estimate of drug-likeness (QED) is 0.847. The summed E-state index contributed by atoms with van der Waals surface area (Å²) >= 11 is 5.83. The maximum atomic E-state index is 12.2. The van der Waals surface area contributed by atoms with Crippen LogP contribution in [0.2, 0.25) is 5.02 Å². The predicted octanol–water partition coefficient (Wildman–Crippen LogP) is 2.47. The Morgan fingerprint density at radius 1 is 1.53 bits per heavy atom. The number of carbonyl (C=O) groups excluding carboxylic acids is 1. The standard InChI is InChI=1S/C13H15ClN4O/c1-3-12-9(7-18(2)17-12)13(19)16-8-4-5-10(14)11(15)6-8/h4-7H,3,15H2,1-2H3,(H,16,19). The van der Waals surface area contributed by atoms with Crippen molar-refractivity contribution >= 4 is 28.9 Å². The van der Waals surface area contributed by atoms with Crippen molar-refractivity contribution in [2.45, 2.75) is 13.3 Å². The highest BCUT2D eigenvalue weighted by molar-refractivity contribution is 6.33. The molecule has 1 aromatic carbocycles. The molecule has 1 amide bonds. The van der Waals surface area contributed by atoms with Crippen molar-refractivity contribution in [2.75, 3.05) is 11.1 Å². The van der Waals surface area contributed by atoms with E-state index in [1.165, 1.54) is 0 Å². The fourth-order valence-electron chi connectivity index (χ4n) is 1.81. The number of amides is 1. The Morgan fingerprint density at radius 3 is 2.89 bits per heavy atom. The number of anilines is 2. The lowest BCUT2D eigenvalue weighted by atomic mass is 10.2. The second kappa shape index (κ2) is 5.32. The fraction of sp³-hybridized carbons (Fsp3) is 0.231. The summed E-state index contributed by atoms with van der Waals surface area (Å²) in [6.07, 6.45) is 2.40. The van der Waals surface area contributed by atoms with Crippen molar-refractivity contribution in [3.8, 4) is 0 Å². The monoisotopic (exact) mass is 278 g/mol. The van der Waals surface area contributed by atoms with E-state index < -0.39 is 0 Å². The molecule has 100 valence electrons. The molecular weight excluding hydrogens is 264 g/mol. The average Bonchev–Trinajstić information content (AvgIpc) is 2.75. The minimum atomic E-state index is -0.202. The molecule has 0 aliphatic heterocycles. The zero-order valence-electron chi connectivity index (χ0n) is 10.8. The van der Waals surface area contributed by atoms with Crippen LogP contribution in [-0.2, 0) is 13.5 Å². The van der Waals surface area contributed by atoms with Gasteiger partial charge in [-0.3, -0.25) is 9.48 Å². The number of benzene rings is 1. The lowest BCUT2D eigenvalue weighted by Crippen LogP contribution is -2.13. The summed E-state index contributed by atoms with van der Waals surface area (Å²) in [5.41, 5.74) is 8.07. The van der Waals surface area contributed by atoms with Gasteiger partial charge < -0.3 is 11.1 Å². The van der Waals surface area contributed by atoms with Crippen LogP contribution in [0.3, 0.4) is 0 Å². The third-order valence-electron chi connectivity index (χ3n) is 2.74. The molecule has 6 heteroatoms. The third kappa shape index (κ3) is 2.88. The summed E-state index contributed by atoms with van der Waals surface area (Å²) in [5, 5.41) is 7.48. The largest absolute Gasteiger partial charge is 0.397 e.